The molecule has 1 saturated heterocycles. The van der Waals surface area contributed by atoms with Crippen LogP contribution in [-0.2, 0) is 4.74 Å². The Morgan fingerprint density at radius 3 is 2.87 bits per heavy atom. The Kier molecular flexibility index (Phi) is 2.77. The maximum Gasteiger partial charge on any atom is 0.339 e. The van der Waals surface area contributed by atoms with Crippen molar-refractivity contribution in [3.8, 4) is 0 Å². The summed E-state index contributed by atoms with van der Waals surface area (Å²) in [5, 5.41) is 16.5. The first-order chi connectivity index (χ1) is 7.29. The summed E-state index contributed by atoms with van der Waals surface area (Å²) in [4.78, 5) is 12.8. The van der Waals surface area contributed by atoms with Crippen LogP contribution in [-0.4, -0.2) is 47.6 Å². The first-order valence-electron chi connectivity index (χ1n) is 4.66. The van der Waals surface area contributed by atoms with Crippen molar-refractivity contribution >= 4 is 11.8 Å². The van der Waals surface area contributed by atoms with Gasteiger partial charge in [-0.15, -0.1) is 5.10 Å². The fourth-order valence-corrected chi connectivity index (χ4v) is 1.50. The summed E-state index contributed by atoms with van der Waals surface area (Å²) in [6, 6.07) is 1.46. The molecular weight excluding hydrogens is 198 g/mol. The summed E-state index contributed by atoms with van der Waals surface area (Å²) in [5.41, 5.74) is 0.187. The Morgan fingerprint density at radius 2 is 2.20 bits per heavy atom. The molecule has 1 aromatic heterocycles. The molecule has 1 fully saturated rings. The van der Waals surface area contributed by atoms with E-state index >= 15 is 0 Å². The van der Waals surface area contributed by atoms with Crippen LogP contribution in [0.25, 0.3) is 0 Å². The Hall–Kier alpha value is -1.69. The van der Waals surface area contributed by atoms with Gasteiger partial charge in [0.1, 0.15) is 5.56 Å². The van der Waals surface area contributed by atoms with Gasteiger partial charge < -0.3 is 14.7 Å². The number of nitrogens with zero attached hydrogens (tertiary/aromatic N) is 3. The average Bonchev–Trinajstić information content (AvgIpc) is 2.30. The molecule has 1 aliphatic rings. The number of carbonyl (C=O) groups is 1. The van der Waals surface area contributed by atoms with Gasteiger partial charge in [0.05, 0.1) is 19.4 Å². The second kappa shape index (κ2) is 4.22. The fourth-order valence-electron chi connectivity index (χ4n) is 1.50. The van der Waals surface area contributed by atoms with Gasteiger partial charge >= 0.3 is 5.97 Å². The summed E-state index contributed by atoms with van der Waals surface area (Å²) in [6.07, 6.45) is 1.38. The van der Waals surface area contributed by atoms with E-state index in [4.69, 9.17) is 9.84 Å². The number of morpholine rings is 1. The van der Waals surface area contributed by atoms with Crippen molar-refractivity contribution in [1.29, 1.82) is 0 Å². The van der Waals surface area contributed by atoms with Crippen molar-refractivity contribution in [2.75, 3.05) is 31.2 Å². The second-order valence-electron chi connectivity index (χ2n) is 3.17. The topological polar surface area (TPSA) is 75.5 Å². The van der Waals surface area contributed by atoms with Crippen LogP contribution in [0.4, 0.5) is 5.82 Å². The first kappa shape index (κ1) is 9.85. The number of hydrogen-bond donors (Lipinski definition) is 1. The third-order valence-corrected chi connectivity index (χ3v) is 2.24. The third kappa shape index (κ3) is 2.04. The SMILES string of the molecule is O=C(O)c1ccnnc1N1CCOCC1. The van der Waals surface area contributed by atoms with Crippen LogP contribution >= 0.6 is 0 Å². The maximum absolute atomic E-state index is 10.9. The van der Waals surface area contributed by atoms with Gasteiger partial charge in [0, 0.05) is 13.1 Å². The van der Waals surface area contributed by atoms with Crippen molar-refractivity contribution in [3.63, 3.8) is 0 Å². The third-order valence-electron chi connectivity index (χ3n) is 2.24. The van der Waals surface area contributed by atoms with Crippen molar-refractivity contribution in [2.24, 2.45) is 0 Å². The molecule has 0 unspecified atom stereocenters. The smallest absolute Gasteiger partial charge is 0.339 e. The first-order valence-corrected chi connectivity index (χ1v) is 4.66. The van der Waals surface area contributed by atoms with Crippen molar-refractivity contribution in [3.05, 3.63) is 17.8 Å². The molecule has 0 atom stereocenters. The minimum absolute atomic E-state index is 0.187. The number of hydrogen-bond acceptors (Lipinski definition) is 5. The molecule has 1 aromatic rings. The molecule has 2 heterocycles. The summed E-state index contributed by atoms with van der Waals surface area (Å²) >= 11 is 0. The molecule has 0 saturated carbocycles. The van der Waals surface area contributed by atoms with E-state index in [0.717, 1.165) is 0 Å². The van der Waals surface area contributed by atoms with E-state index in [0.29, 0.717) is 32.1 Å². The molecule has 0 aliphatic carbocycles. The zero-order valence-electron chi connectivity index (χ0n) is 8.09. The van der Waals surface area contributed by atoms with Crippen LogP contribution in [0.3, 0.4) is 0 Å². The van der Waals surface area contributed by atoms with Crippen molar-refractivity contribution < 1.29 is 14.6 Å². The van der Waals surface area contributed by atoms with E-state index in [2.05, 4.69) is 10.2 Å². The molecule has 1 N–H and O–H groups in total. The Morgan fingerprint density at radius 1 is 1.47 bits per heavy atom. The molecule has 6 heteroatoms. The van der Waals surface area contributed by atoms with Gasteiger partial charge in [0.15, 0.2) is 5.82 Å². The number of aromatic nitrogens is 2. The summed E-state index contributed by atoms with van der Waals surface area (Å²) in [6.45, 7) is 2.49. The van der Waals surface area contributed by atoms with Crippen LogP contribution in [0.1, 0.15) is 10.4 Å². The number of carboxylic acid groups (broad SMARTS) is 1. The van der Waals surface area contributed by atoms with E-state index in [1.165, 1.54) is 12.3 Å². The fraction of sp³-hybridized carbons (Fsp3) is 0.444. The van der Waals surface area contributed by atoms with Gasteiger partial charge in [-0.3, -0.25) is 0 Å². The summed E-state index contributed by atoms with van der Waals surface area (Å²) < 4.78 is 5.18. The van der Waals surface area contributed by atoms with E-state index in [9.17, 15) is 4.79 Å². The minimum atomic E-state index is -0.980. The van der Waals surface area contributed by atoms with E-state index in [1.807, 2.05) is 4.90 Å². The molecule has 0 amide bonds. The molecule has 0 bridgehead atoms. The number of anilines is 1. The standard InChI is InChI=1S/C9H11N3O3/c13-9(14)7-1-2-10-11-8(7)12-3-5-15-6-4-12/h1-2H,3-6H2,(H,13,14). The normalized spacial score (nSPS) is 16.4. The molecule has 2 rings (SSSR count). The van der Waals surface area contributed by atoms with Crippen LogP contribution in [0.5, 0.6) is 0 Å². The Balaban J connectivity index is 2.29. The monoisotopic (exact) mass is 209 g/mol. The van der Waals surface area contributed by atoms with Gasteiger partial charge in [-0.1, -0.05) is 0 Å². The lowest BCUT2D eigenvalue weighted by molar-refractivity contribution is 0.0695. The number of aromatic carboxylic acids is 1. The van der Waals surface area contributed by atoms with Gasteiger partial charge in [-0.2, -0.15) is 5.10 Å². The van der Waals surface area contributed by atoms with Crippen LogP contribution < -0.4 is 4.90 Å². The largest absolute Gasteiger partial charge is 0.478 e. The molecule has 0 spiro atoms. The van der Waals surface area contributed by atoms with E-state index in [-0.39, 0.29) is 5.56 Å². The second-order valence-corrected chi connectivity index (χ2v) is 3.17. The molecule has 6 nitrogen and oxygen atoms in total. The van der Waals surface area contributed by atoms with Crippen LogP contribution in [0, 0.1) is 0 Å². The van der Waals surface area contributed by atoms with Crippen molar-refractivity contribution in [1.82, 2.24) is 10.2 Å². The molecule has 1 aliphatic heterocycles. The van der Waals surface area contributed by atoms with Gasteiger partial charge in [0.25, 0.3) is 0 Å². The quantitative estimate of drug-likeness (QED) is 0.739. The highest BCUT2D eigenvalue weighted by Crippen LogP contribution is 2.17. The number of carboxylic acids is 1. The Bertz CT molecular complexity index is 363. The van der Waals surface area contributed by atoms with Crippen LogP contribution in [0.2, 0.25) is 0 Å². The highest BCUT2D eigenvalue weighted by atomic mass is 16.5. The van der Waals surface area contributed by atoms with Crippen molar-refractivity contribution in [2.45, 2.75) is 0 Å². The molecule has 0 radical (unpaired) electrons. The van der Waals surface area contributed by atoms with E-state index < -0.39 is 5.97 Å². The lowest BCUT2D eigenvalue weighted by Crippen LogP contribution is -2.37. The zero-order valence-corrected chi connectivity index (χ0v) is 8.09. The lowest BCUT2D eigenvalue weighted by atomic mass is 10.2. The average molecular weight is 209 g/mol. The van der Waals surface area contributed by atoms with E-state index in [1.54, 1.807) is 0 Å². The molecular formula is C9H11N3O3. The summed E-state index contributed by atoms with van der Waals surface area (Å²) in [5.74, 6) is -0.556. The molecule has 15 heavy (non-hydrogen) atoms. The predicted octanol–water partition coefficient (Wildman–Crippen LogP) is 0.0114. The number of ether oxygens (including phenoxy) is 1. The van der Waals surface area contributed by atoms with Gasteiger partial charge in [-0.25, -0.2) is 4.79 Å². The van der Waals surface area contributed by atoms with Gasteiger partial charge in [-0.05, 0) is 6.07 Å². The lowest BCUT2D eigenvalue weighted by Gasteiger charge is -2.28. The predicted molar refractivity (Wildman–Crippen MR) is 52.0 cm³/mol. The molecule has 0 aromatic carbocycles. The highest BCUT2D eigenvalue weighted by Gasteiger charge is 2.19. The summed E-state index contributed by atoms with van der Waals surface area (Å²) in [7, 11) is 0. The molecule has 80 valence electrons. The maximum atomic E-state index is 10.9. The minimum Gasteiger partial charge on any atom is -0.478 e. The zero-order chi connectivity index (χ0) is 10.7. The van der Waals surface area contributed by atoms with Gasteiger partial charge in [0.2, 0.25) is 0 Å². The number of rotatable bonds is 2. The van der Waals surface area contributed by atoms with Crippen LogP contribution in [0.15, 0.2) is 12.3 Å². The highest BCUT2D eigenvalue weighted by molar-refractivity contribution is 5.93. The Labute approximate surface area is 86.5 Å².